The molecule has 1 N–H and O–H groups in total. The number of carbonyl (C=O) groups excluding carboxylic acids is 3. The van der Waals surface area contributed by atoms with Crippen LogP contribution in [0.5, 0.6) is 0 Å². The Kier molecular flexibility index (Phi) is 5.13. The van der Waals surface area contributed by atoms with Crippen LogP contribution in [0.2, 0.25) is 0 Å². The third-order valence-corrected chi connectivity index (χ3v) is 5.49. The number of nitrogens with zero attached hydrogens (tertiary/aromatic N) is 2. The van der Waals surface area contributed by atoms with E-state index in [0.29, 0.717) is 19.5 Å². The fraction of sp³-hybridized carbons (Fsp3) is 0.500. The lowest BCUT2D eigenvalue weighted by molar-refractivity contribution is -0.132. The quantitative estimate of drug-likeness (QED) is 0.771. The first kappa shape index (κ1) is 17.9. The standard InChI is InChI=1S/C18H22BrN3O3/c1-18(15(23)12-16(24)20-18)6-5-17(25)22-9-7-21(8-10-22)14-4-2-3-13(19)11-14/h2-4,11H,5-10,12H2,1H3,(H,20,24). The van der Waals surface area contributed by atoms with Gasteiger partial charge in [-0.1, -0.05) is 22.0 Å². The first-order valence-corrected chi connectivity index (χ1v) is 9.29. The maximum absolute atomic E-state index is 12.5. The molecule has 2 amide bonds. The molecule has 2 aliphatic heterocycles. The molecule has 0 aromatic heterocycles. The van der Waals surface area contributed by atoms with Crippen molar-refractivity contribution in [1.82, 2.24) is 10.2 Å². The molecule has 2 fully saturated rings. The van der Waals surface area contributed by atoms with Gasteiger partial charge in [-0.15, -0.1) is 0 Å². The Bertz CT molecular complexity index is 701. The van der Waals surface area contributed by atoms with Crippen molar-refractivity contribution in [3.63, 3.8) is 0 Å². The lowest BCUT2D eigenvalue weighted by Crippen LogP contribution is -2.50. The molecular formula is C18H22BrN3O3. The molecule has 3 rings (SSSR count). The first-order chi connectivity index (χ1) is 11.9. The van der Waals surface area contributed by atoms with Gasteiger partial charge in [0, 0.05) is 42.8 Å². The van der Waals surface area contributed by atoms with Gasteiger partial charge in [0.25, 0.3) is 0 Å². The maximum Gasteiger partial charge on any atom is 0.228 e. The van der Waals surface area contributed by atoms with Crippen LogP contribution in [0.25, 0.3) is 0 Å². The zero-order valence-electron chi connectivity index (χ0n) is 14.3. The second-order valence-electron chi connectivity index (χ2n) is 6.83. The first-order valence-electron chi connectivity index (χ1n) is 8.50. The van der Waals surface area contributed by atoms with Gasteiger partial charge in [0.05, 0.1) is 12.0 Å². The summed E-state index contributed by atoms with van der Waals surface area (Å²) in [6.07, 6.45) is 0.567. The van der Waals surface area contributed by atoms with Crippen LogP contribution in [0.1, 0.15) is 26.2 Å². The van der Waals surface area contributed by atoms with Crippen LogP contribution in [0.15, 0.2) is 28.7 Å². The zero-order valence-corrected chi connectivity index (χ0v) is 15.8. The third-order valence-electron chi connectivity index (χ3n) is 5.00. The van der Waals surface area contributed by atoms with Gasteiger partial charge in [0.1, 0.15) is 0 Å². The minimum absolute atomic E-state index is 0.0454. The summed E-state index contributed by atoms with van der Waals surface area (Å²) in [4.78, 5) is 39.8. The summed E-state index contributed by atoms with van der Waals surface area (Å²) in [5.41, 5.74) is 0.262. The summed E-state index contributed by atoms with van der Waals surface area (Å²) in [5.74, 6) is -0.323. The molecular weight excluding hydrogens is 386 g/mol. The predicted molar refractivity (Wildman–Crippen MR) is 98.3 cm³/mol. The number of hydrogen-bond donors (Lipinski definition) is 1. The van der Waals surface area contributed by atoms with E-state index in [9.17, 15) is 14.4 Å². The molecule has 134 valence electrons. The molecule has 0 radical (unpaired) electrons. The van der Waals surface area contributed by atoms with Gasteiger partial charge in [-0.05, 0) is 31.5 Å². The van der Waals surface area contributed by atoms with Gasteiger partial charge in [-0.25, -0.2) is 0 Å². The van der Waals surface area contributed by atoms with E-state index >= 15 is 0 Å². The van der Waals surface area contributed by atoms with Crippen LogP contribution in [0.4, 0.5) is 5.69 Å². The van der Waals surface area contributed by atoms with Gasteiger partial charge in [-0.2, -0.15) is 0 Å². The molecule has 25 heavy (non-hydrogen) atoms. The number of carbonyl (C=O) groups is 3. The Morgan fingerprint density at radius 1 is 1.24 bits per heavy atom. The summed E-state index contributed by atoms with van der Waals surface area (Å²) in [7, 11) is 0. The normalized spacial score (nSPS) is 23.8. The Balaban J connectivity index is 1.50. The third kappa shape index (κ3) is 4.03. The number of rotatable bonds is 4. The van der Waals surface area contributed by atoms with Gasteiger partial charge in [-0.3, -0.25) is 14.4 Å². The Hall–Kier alpha value is -1.89. The Morgan fingerprint density at radius 3 is 2.56 bits per heavy atom. The topological polar surface area (TPSA) is 69.7 Å². The Morgan fingerprint density at radius 2 is 1.96 bits per heavy atom. The van der Waals surface area contributed by atoms with E-state index in [1.54, 1.807) is 6.92 Å². The summed E-state index contributed by atoms with van der Waals surface area (Å²) >= 11 is 3.48. The van der Waals surface area contributed by atoms with Crippen LogP contribution in [0.3, 0.4) is 0 Å². The van der Waals surface area contributed by atoms with Crippen molar-refractivity contribution in [2.45, 2.75) is 31.7 Å². The number of hydrogen-bond acceptors (Lipinski definition) is 4. The molecule has 1 aromatic rings. The van der Waals surface area contributed by atoms with Crippen LogP contribution in [-0.2, 0) is 14.4 Å². The smallest absolute Gasteiger partial charge is 0.228 e. The second-order valence-corrected chi connectivity index (χ2v) is 7.74. The average molecular weight is 408 g/mol. The van der Waals surface area contributed by atoms with Gasteiger partial charge < -0.3 is 15.1 Å². The summed E-state index contributed by atoms with van der Waals surface area (Å²) in [5, 5.41) is 2.70. The lowest BCUT2D eigenvalue weighted by Gasteiger charge is -2.36. The lowest BCUT2D eigenvalue weighted by atomic mass is 9.92. The number of halogens is 1. The largest absolute Gasteiger partial charge is 0.368 e. The van der Waals surface area contributed by atoms with Crippen molar-refractivity contribution in [3.8, 4) is 0 Å². The summed E-state index contributed by atoms with van der Waals surface area (Å²) in [6.45, 7) is 4.62. The number of Topliss-reactive ketones (excluding diaryl/α,β-unsaturated/α-hetero) is 1. The van der Waals surface area contributed by atoms with Crippen molar-refractivity contribution in [3.05, 3.63) is 28.7 Å². The predicted octanol–water partition coefficient (Wildman–Crippen LogP) is 1.73. The van der Waals surface area contributed by atoms with E-state index in [-0.39, 0.29) is 30.4 Å². The minimum atomic E-state index is -0.884. The summed E-state index contributed by atoms with van der Waals surface area (Å²) in [6, 6.07) is 8.14. The highest BCUT2D eigenvalue weighted by Crippen LogP contribution is 2.23. The molecule has 6 nitrogen and oxygen atoms in total. The van der Waals surface area contributed by atoms with E-state index in [2.05, 4.69) is 38.3 Å². The molecule has 0 saturated carbocycles. The van der Waals surface area contributed by atoms with E-state index in [1.807, 2.05) is 17.0 Å². The monoisotopic (exact) mass is 407 g/mol. The minimum Gasteiger partial charge on any atom is -0.368 e. The van der Waals surface area contributed by atoms with Crippen LogP contribution >= 0.6 is 15.9 Å². The highest BCUT2D eigenvalue weighted by atomic mass is 79.9. The number of amides is 2. The number of piperazine rings is 1. The molecule has 1 aromatic carbocycles. The molecule has 1 unspecified atom stereocenters. The molecule has 7 heteroatoms. The number of anilines is 1. The van der Waals surface area contributed by atoms with E-state index < -0.39 is 5.54 Å². The fourth-order valence-electron chi connectivity index (χ4n) is 3.37. The molecule has 2 heterocycles. The fourth-order valence-corrected chi connectivity index (χ4v) is 3.75. The Labute approximate surface area is 155 Å². The van der Waals surface area contributed by atoms with Crippen LogP contribution in [0, 0.1) is 0 Å². The van der Waals surface area contributed by atoms with Crippen LogP contribution < -0.4 is 10.2 Å². The SMILES string of the molecule is CC1(CCC(=O)N2CCN(c3cccc(Br)c3)CC2)NC(=O)CC1=O. The van der Waals surface area contributed by atoms with Crippen LogP contribution in [-0.4, -0.2) is 54.2 Å². The van der Waals surface area contributed by atoms with Gasteiger partial charge in [0.2, 0.25) is 11.8 Å². The highest BCUT2D eigenvalue weighted by molar-refractivity contribution is 9.10. The zero-order chi connectivity index (χ0) is 18.0. The maximum atomic E-state index is 12.5. The second kappa shape index (κ2) is 7.15. The van der Waals surface area contributed by atoms with Crippen molar-refractivity contribution in [2.24, 2.45) is 0 Å². The van der Waals surface area contributed by atoms with E-state index in [0.717, 1.165) is 23.2 Å². The highest BCUT2D eigenvalue weighted by Gasteiger charge is 2.41. The van der Waals surface area contributed by atoms with E-state index in [1.165, 1.54) is 0 Å². The molecule has 0 aliphatic carbocycles. The van der Waals surface area contributed by atoms with Gasteiger partial charge in [0.15, 0.2) is 5.78 Å². The van der Waals surface area contributed by atoms with Crippen molar-refractivity contribution in [1.29, 1.82) is 0 Å². The number of nitrogens with one attached hydrogen (secondary N) is 1. The van der Waals surface area contributed by atoms with Crippen molar-refractivity contribution < 1.29 is 14.4 Å². The van der Waals surface area contributed by atoms with E-state index in [4.69, 9.17) is 0 Å². The average Bonchev–Trinajstić information content (AvgIpc) is 2.85. The molecule has 2 saturated heterocycles. The van der Waals surface area contributed by atoms with Crippen molar-refractivity contribution in [2.75, 3.05) is 31.1 Å². The van der Waals surface area contributed by atoms with Gasteiger partial charge >= 0.3 is 0 Å². The molecule has 1 atom stereocenters. The molecule has 2 aliphatic rings. The molecule has 0 bridgehead atoms. The number of ketones is 1. The molecule has 0 spiro atoms. The summed E-state index contributed by atoms with van der Waals surface area (Å²) < 4.78 is 1.04. The van der Waals surface area contributed by atoms with Crippen molar-refractivity contribution >= 4 is 39.2 Å². The number of benzene rings is 1.